The highest BCUT2D eigenvalue weighted by atomic mass is 16.6. The first-order valence-corrected chi connectivity index (χ1v) is 5.30. The van der Waals surface area contributed by atoms with Gasteiger partial charge in [-0.1, -0.05) is 0 Å². The molecule has 1 heterocycles. The normalized spacial score (nSPS) is 11.7. The highest BCUT2D eigenvalue weighted by Crippen LogP contribution is 2.18. The summed E-state index contributed by atoms with van der Waals surface area (Å²) in [5.41, 5.74) is 4.49. The smallest absolute Gasteiger partial charge is 0.334 e. The van der Waals surface area contributed by atoms with Gasteiger partial charge in [0.1, 0.15) is 12.0 Å². The third kappa shape index (κ3) is 3.62. The molecule has 0 bridgehead atoms. The summed E-state index contributed by atoms with van der Waals surface area (Å²) in [5.74, 6) is -2.18. The van der Waals surface area contributed by atoms with Crippen LogP contribution in [-0.2, 0) is 9.53 Å². The Morgan fingerprint density at radius 3 is 2.75 bits per heavy atom. The predicted molar refractivity (Wildman–Crippen MR) is 66.3 cm³/mol. The molecule has 20 heavy (non-hydrogen) atoms. The van der Waals surface area contributed by atoms with Crippen molar-refractivity contribution in [2.75, 3.05) is 19.0 Å². The van der Waals surface area contributed by atoms with E-state index in [4.69, 9.17) is 10.8 Å². The van der Waals surface area contributed by atoms with E-state index in [9.17, 15) is 19.7 Å². The second kappa shape index (κ2) is 6.43. The van der Waals surface area contributed by atoms with E-state index in [2.05, 4.69) is 15.0 Å². The van der Waals surface area contributed by atoms with Crippen molar-refractivity contribution in [2.24, 2.45) is 5.73 Å². The van der Waals surface area contributed by atoms with Gasteiger partial charge >= 0.3 is 5.97 Å². The van der Waals surface area contributed by atoms with Crippen molar-refractivity contribution in [3.8, 4) is 0 Å². The second-order valence-corrected chi connectivity index (χ2v) is 3.65. The first kappa shape index (κ1) is 15.3. The number of methoxy groups -OCH3 is 1. The van der Waals surface area contributed by atoms with Crippen LogP contribution in [0.4, 0.5) is 11.5 Å². The van der Waals surface area contributed by atoms with Crippen LogP contribution >= 0.6 is 0 Å². The van der Waals surface area contributed by atoms with E-state index in [0.29, 0.717) is 0 Å². The standard InChI is InChI=1S/C10H12N4O6/c1-20-7(10(16)17)4-13-9-6(8(11)15)2-5(3-12-9)14(18)19/h2-3,7H,4H2,1H3,(H2,11,15)(H,12,13)(H,16,17). The number of anilines is 1. The number of pyridine rings is 1. The number of primary amides is 1. The van der Waals surface area contributed by atoms with Crippen LogP contribution in [0.25, 0.3) is 0 Å². The van der Waals surface area contributed by atoms with Gasteiger partial charge in [0.2, 0.25) is 0 Å². The number of carboxylic acids is 1. The Hall–Kier alpha value is -2.75. The van der Waals surface area contributed by atoms with Gasteiger partial charge in [0.05, 0.1) is 17.0 Å². The number of nitro groups is 1. The number of aliphatic carboxylic acids is 1. The molecule has 0 spiro atoms. The Bertz CT molecular complexity index is 547. The number of nitrogens with two attached hydrogens (primary N) is 1. The summed E-state index contributed by atoms with van der Waals surface area (Å²) in [4.78, 5) is 35.5. The van der Waals surface area contributed by atoms with E-state index in [1.54, 1.807) is 0 Å². The number of carboxylic acid groups (broad SMARTS) is 1. The lowest BCUT2D eigenvalue weighted by atomic mass is 10.2. The average molecular weight is 284 g/mol. The topological polar surface area (TPSA) is 158 Å². The number of carbonyl (C=O) groups excluding carboxylic acids is 1. The third-order valence-electron chi connectivity index (χ3n) is 2.36. The molecule has 1 aromatic rings. The maximum Gasteiger partial charge on any atom is 0.334 e. The van der Waals surface area contributed by atoms with Gasteiger partial charge in [0, 0.05) is 13.2 Å². The van der Waals surface area contributed by atoms with Crippen LogP contribution in [0.5, 0.6) is 0 Å². The molecule has 1 atom stereocenters. The summed E-state index contributed by atoms with van der Waals surface area (Å²) in [6.07, 6.45) is -0.232. The van der Waals surface area contributed by atoms with Gasteiger partial charge in [0.25, 0.3) is 11.6 Å². The Kier molecular flexibility index (Phi) is 4.92. The van der Waals surface area contributed by atoms with E-state index in [1.807, 2.05) is 0 Å². The highest BCUT2D eigenvalue weighted by Gasteiger charge is 2.20. The molecule has 1 aromatic heterocycles. The average Bonchev–Trinajstić information content (AvgIpc) is 2.38. The van der Waals surface area contributed by atoms with Crippen molar-refractivity contribution in [1.29, 1.82) is 0 Å². The molecule has 0 aliphatic rings. The Morgan fingerprint density at radius 1 is 1.65 bits per heavy atom. The van der Waals surface area contributed by atoms with Crippen LogP contribution in [0.2, 0.25) is 0 Å². The molecule has 0 fully saturated rings. The van der Waals surface area contributed by atoms with E-state index in [1.165, 1.54) is 7.11 Å². The fourth-order valence-electron chi connectivity index (χ4n) is 1.34. The fraction of sp³-hybridized carbons (Fsp3) is 0.300. The highest BCUT2D eigenvalue weighted by molar-refractivity contribution is 5.98. The number of ether oxygens (including phenoxy) is 1. The first-order valence-electron chi connectivity index (χ1n) is 5.30. The van der Waals surface area contributed by atoms with Gasteiger partial charge in [-0.3, -0.25) is 14.9 Å². The molecule has 0 saturated heterocycles. The molecule has 0 aliphatic carbocycles. The summed E-state index contributed by atoms with van der Waals surface area (Å²) in [6, 6.07) is 0.959. The summed E-state index contributed by atoms with van der Waals surface area (Å²) in [5, 5.41) is 21.9. The molecule has 10 heteroatoms. The fourth-order valence-corrected chi connectivity index (χ4v) is 1.34. The van der Waals surface area contributed by atoms with E-state index < -0.39 is 28.6 Å². The largest absolute Gasteiger partial charge is 0.479 e. The maximum absolute atomic E-state index is 11.2. The molecule has 1 rings (SSSR count). The molecule has 0 saturated carbocycles. The number of amides is 1. The quantitative estimate of drug-likeness (QED) is 0.450. The minimum Gasteiger partial charge on any atom is -0.479 e. The molecule has 10 nitrogen and oxygen atoms in total. The molecular formula is C10H12N4O6. The van der Waals surface area contributed by atoms with E-state index in [0.717, 1.165) is 12.3 Å². The van der Waals surface area contributed by atoms with Crippen molar-refractivity contribution in [1.82, 2.24) is 4.98 Å². The predicted octanol–water partition coefficient (Wildman–Crippen LogP) is -0.400. The lowest BCUT2D eigenvalue weighted by Gasteiger charge is -2.13. The number of nitrogens with zero attached hydrogens (tertiary/aromatic N) is 2. The molecule has 0 radical (unpaired) electrons. The SMILES string of the molecule is COC(CNc1ncc([N+](=O)[O-])cc1C(N)=O)C(=O)O. The second-order valence-electron chi connectivity index (χ2n) is 3.65. The monoisotopic (exact) mass is 284 g/mol. The van der Waals surface area contributed by atoms with Crippen LogP contribution in [-0.4, -0.2) is 46.6 Å². The van der Waals surface area contributed by atoms with E-state index >= 15 is 0 Å². The molecule has 0 aromatic carbocycles. The summed E-state index contributed by atoms with van der Waals surface area (Å²) in [7, 11) is 1.21. The van der Waals surface area contributed by atoms with Crippen LogP contribution < -0.4 is 11.1 Å². The van der Waals surface area contributed by atoms with Gasteiger partial charge < -0.3 is 20.9 Å². The number of rotatable bonds is 7. The number of carbonyl (C=O) groups is 2. The summed E-state index contributed by atoms with van der Waals surface area (Å²) >= 11 is 0. The van der Waals surface area contributed by atoms with Gasteiger partial charge in [0.15, 0.2) is 6.10 Å². The Balaban J connectivity index is 2.97. The van der Waals surface area contributed by atoms with Crippen molar-refractivity contribution in [3.05, 3.63) is 27.9 Å². The van der Waals surface area contributed by atoms with Crippen LogP contribution in [0.15, 0.2) is 12.3 Å². The molecule has 108 valence electrons. The van der Waals surface area contributed by atoms with Crippen molar-refractivity contribution in [3.63, 3.8) is 0 Å². The minimum absolute atomic E-state index is 0.0496. The number of hydrogen-bond acceptors (Lipinski definition) is 7. The molecule has 0 aliphatic heterocycles. The Labute approximate surface area is 112 Å². The lowest BCUT2D eigenvalue weighted by Crippen LogP contribution is -2.31. The maximum atomic E-state index is 11.2. The minimum atomic E-state index is -1.21. The van der Waals surface area contributed by atoms with Crippen LogP contribution in [0.3, 0.4) is 0 Å². The van der Waals surface area contributed by atoms with Crippen LogP contribution in [0.1, 0.15) is 10.4 Å². The number of nitrogens with one attached hydrogen (secondary N) is 1. The summed E-state index contributed by atoms with van der Waals surface area (Å²) in [6.45, 7) is -0.184. The van der Waals surface area contributed by atoms with Crippen molar-refractivity contribution in [2.45, 2.75) is 6.10 Å². The third-order valence-corrected chi connectivity index (χ3v) is 2.36. The van der Waals surface area contributed by atoms with Gasteiger partial charge in [-0.25, -0.2) is 9.78 Å². The zero-order valence-corrected chi connectivity index (χ0v) is 10.4. The van der Waals surface area contributed by atoms with Gasteiger partial charge in [-0.05, 0) is 0 Å². The van der Waals surface area contributed by atoms with Gasteiger partial charge in [-0.2, -0.15) is 0 Å². The van der Waals surface area contributed by atoms with Crippen molar-refractivity contribution >= 4 is 23.4 Å². The number of hydrogen-bond donors (Lipinski definition) is 3. The number of aromatic nitrogens is 1. The molecule has 1 unspecified atom stereocenters. The lowest BCUT2D eigenvalue weighted by molar-refractivity contribution is -0.385. The van der Waals surface area contributed by atoms with Crippen molar-refractivity contribution < 1.29 is 24.4 Å². The van der Waals surface area contributed by atoms with Crippen LogP contribution in [0, 0.1) is 10.1 Å². The molecular weight excluding hydrogens is 272 g/mol. The zero-order chi connectivity index (χ0) is 15.3. The van der Waals surface area contributed by atoms with E-state index in [-0.39, 0.29) is 17.9 Å². The first-order chi connectivity index (χ1) is 9.36. The molecule has 4 N–H and O–H groups in total. The molecule has 1 amide bonds. The van der Waals surface area contributed by atoms with Gasteiger partial charge in [-0.15, -0.1) is 0 Å². The Morgan fingerprint density at radius 2 is 2.30 bits per heavy atom. The summed E-state index contributed by atoms with van der Waals surface area (Å²) < 4.78 is 4.68. The zero-order valence-electron chi connectivity index (χ0n) is 10.4.